The van der Waals surface area contributed by atoms with Gasteiger partial charge in [0.05, 0.1) is 23.0 Å². The van der Waals surface area contributed by atoms with Crippen LogP contribution in [0.2, 0.25) is 0 Å². The number of esters is 2. The topological polar surface area (TPSA) is 78.9 Å². The summed E-state index contributed by atoms with van der Waals surface area (Å²) in [6, 6.07) is 8.50. The van der Waals surface area contributed by atoms with Crippen molar-refractivity contribution < 1.29 is 28.6 Å². The first-order chi connectivity index (χ1) is 18.6. The van der Waals surface area contributed by atoms with Crippen LogP contribution in [0, 0.1) is 10.8 Å². The van der Waals surface area contributed by atoms with Crippen molar-refractivity contribution >= 4 is 23.8 Å². The Kier molecular flexibility index (Phi) is 10.1. The molecule has 6 nitrogen and oxygen atoms in total. The zero-order valence-corrected chi connectivity index (χ0v) is 27.2. The number of allylic oxidation sites excluding steroid dienone is 1. The van der Waals surface area contributed by atoms with Crippen molar-refractivity contribution in [2.45, 2.75) is 101 Å². The second-order valence-corrected chi connectivity index (χ2v) is 14.5. The normalized spacial score (nSPS) is 12.8. The van der Waals surface area contributed by atoms with E-state index >= 15 is 0 Å². The van der Waals surface area contributed by atoms with E-state index in [0.717, 1.165) is 11.1 Å². The molecule has 224 valence electrons. The lowest BCUT2D eigenvalue weighted by atomic mass is 9.78. The zero-order chi connectivity index (χ0) is 31.6. The van der Waals surface area contributed by atoms with E-state index in [1.807, 2.05) is 6.92 Å². The van der Waals surface area contributed by atoms with Gasteiger partial charge < -0.3 is 14.2 Å². The van der Waals surface area contributed by atoms with Crippen LogP contribution >= 0.6 is 0 Å². The first-order valence-electron chi connectivity index (χ1n) is 14.2. The largest absolute Gasteiger partial charge is 0.493 e. The van der Waals surface area contributed by atoms with Gasteiger partial charge >= 0.3 is 11.9 Å². The average Bonchev–Trinajstić information content (AvgIpc) is 2.81. The summed E-state index contributed by atoms with van der Waals surface area (Å²) in [7, 11) is 0. The van der Waals surface area contributed by atoms with E-state index in [2.05, 4.69) is 47.6 Å². The maximum Gasteiger partial charge on any atom is 0.316 e. The second kappa shape index (κ2) is 12.2. The third-order valence-corrected chi connectivity index (χ3v) is 6.34. The monoisotopic (exact) mass is 564 g/mol. The van der Waals surface area contributed by atoms with Crippen molar-refractivity contribution in [2.24, 2.45) is 10.8 Å². The van der Waals surface area contributed by atoms with Crippen molar-refractivity contribution in [2.75, 3.05) is 6.61 Å². The summed E-state index contributed by atoms with van der Waals surface area (Å²) in [6.45, 7) is 25.6. The van der Waals surface area contributed by atoms with Crippen molar-refractivity contribution in [1.29, 1.82) is 0 Å². The second-order valence-electron chi connectivity index (χ2n) is 14.5. The molecule has 0 N–H and O–H groups in total. The molecule has 0 aliphatic heterocycles. The van der Waals surface area contributed by atoms with Crippen LogP contribution < -0.4 is 14.2 Å². The van der Waals surface area contributed by atoms with Gasteiger partial charge in [-0.1, -0.05) is 41.5 Å². The number of hydrogen-bond acceptors (Lipinski definition) is 6. The van der Waals surface area contributed by atoms with Crippen molar-refractivity contribution in [3.05, 3.63) is 58.7 Å². The molecule has 0 atom stereocenters. The molecule has 6 heteroatoms. The van der Waals surface area contributed by atoms with Crippen LogP contribution in [0.15, 0.2) is 36.4 Å². The number of ether oxygens (including phenoxy) is 3. The fourth-order valence-electron chi connectivity index (χ4n) is 3.79. The van der Waals surface area contributed by atoms with Crippen LogP contribution in [0.3, 0.4) is 0 Å². The molecule has 0 fully saturated rings. The molecule has 0 unspecified atom stereocenters. The minimum Gasteiger partial charge on any atom is -0.493 e. The van der Waals surface area contributed by atoms with E-state index in [0.29, 0.717) is 35.0 Å². The van der Waals surface area contributed by atoms with Crippen LogP contribution in [0.5, 0.6) is 17.2 Å². The van der Waals surface area contributed by atoms with Gasteiger partial charge in [0.25, 0.3) is 0 Å². The standard InChI is InChI=1S/C35H48O6/c1-14-39-28-24(19-20-27(36)22-15-17-23(18-16-22)40-30(37)34(8,9)10)29(41-31(38)35(11,12)13)26(33(5,6)7)21-25(28)32(2,3)4/h15-21H,14H2,1-13H3/b20-19+. The van der Waals surface area contributed by atoms with Crippen molar-refractivity contribution in [1.82, 2.24) is 0 Å². The first kappa shape index (κ1) is 33.8. The molecule has 2 rings (SSSR count). The number of hydrogen-bond donors (Lipinski definition) is 0. The van der Waals surface area contributed by atoms with E-state index in [4.69, 9.17) is 14.2 Å². The molecule has 0 aromatic heterocycles. The molecule has 0 heterocycles. The molecular formula is C35H48O6. The minimum atomic E-state index is -0.737. The summed E-state index contributed by atoms with van der Waals surface area (Å²) < 4.78 is 17.7. The number of rotatable bonds is 7. The van der Waals surface area contributed by atoms with E-state index in [-0.39, 0.29) is 28.6 Å². The van der Waals surface area contributed by atoms with Gasteiger partial charge in [0.15, 0.2) is 5.78 Å². The maximum atomic E-state index is 13.3. The molecule has 0 bridgehead atoms. The van der Waals surface area contributed by atoms with Gasteiger partial charge in [-0.15, -0.1) is 0 Å². The predicted molar refractivity (Wildman–Crippen MR) is 165 cm³/mol. The molecular weight excluding hydrogens is 516 g/mol. The summed E-state index contributed by atoms with van der Waals surface area (Å²) in [4.78, 5) is 38.7. The number of ketones is 1. The van der Waals surface area contributed by atoms with Gasteiger partial charge in [0.2, 0.25) is 0 Å². The van der Waals surface area contributed by atoms with E-state index < -0.39 is 10.8 Å². The average molecular weight is 565 g/mol. The number of carbonyl (C=O) groups excluding carboxylic acids is 3. The van der Waals surface area contributed by atoms with Crippen molar-refractivity contribution in [3.8, 4) is 17.2 Å². The Morgan fingerprint density at radius 3 is 1.59 bits per heavy atom. The lowest BCUT2D eigenvalue weighted by molar-refractivity contribution is -0.143. The molecule has 0 aliphatic rings. The number of benzene rings is 2. The van der Waals surface area contributed by atoms with Gasteiger partial charge in [0, 0.05) is 16.7 Å². The SMILES string of the molecule is CCOc1c(C(C)(C)C)cc(C(C)(C)C)c(OC(=O)C(C)(C)C)c1/C=C/C(=O)c1ccc(OC(=O)C(C)(C)C)cc1. The number of carbonyl (C=O) groups is 3. The van der Waals surface area contributed by atoms with Crippen LogP contribution in [0.1, 0.15) is 117 Å². The van der Waals surface area contributed by atoms with Crippen LogP contribution in [0.4, 0.5) is 0 Å². The molecule has 0 saturated carbocycles. The van der Waals surface area contributed by atoms with Gasteiger partial charge in [-0.05, 0) is 102 Å². The Morgan fingerprint density at radius 1 is 0.683 bits per heavy atom. The van der Waals surface area contributed by atoms with Gasteiger partial charge in [-0.2, -0.15) is 0 Å². The summed E-state index contributed by atoms with van der Waals surface area (Å²) in [5, 5.41) is 0. The molecule has 2 aromatic carbocycles. The molecule has 0 aliphatic carbocycles. The lowest BCUT2D eigenvalue weighted by Gasteiger charge is -2.31. The molecule has 0 saturated heterocycles. The van der Waals surface area contributed by atoms with Crippen molar-refractivity contribution in [3.63, 3.8) is 0 Å². The fraction of sp³-hybridized carbons (Fsp3) is 0.514. The lowest BCUT2D eigenvalue weighted by Crippen LogP contribution is -2.28. The van der Waals surface area contributed by atoms with Crippen LogP contribution in [-0.4, -0.2) is 24.3 Å². The molecule has 0 amide bonds. The van der Waals surface area contributed by atoms with Crippen LogP contribution in [-0.2, 0) is 20.4 Å². The van der Waals surface area contributed by atoms with Crippen LogP contribution in [0.25, 0.3) is 6.08 Å². The summed E-state index contributed by atoms with van der Waals surface area (Å²) in [5.74, 6) is 0.349. The summed E-state index contributed by atoms with van der Waals surface area (Å²) >= 11 is 0. The van der Waals surface area contributed by atoms with Gasteiger partial charge in [-0.3, -0.25) is 14.4 Å². The van der Waals surface area contributed by atoms with E-state index in [1.165, 1.54) is 6.08 Å². The fourth-order valence-corrected chi connectivity index (χ4v) is 3.79. The van der Waals surface area contributed by atoms with Gasteiger partial charge in [0.1, 0.15) is 17.2 Å². The Morgan fingerprint density at radius 2 is 1.15 bits per heavy atom. The summed E-state index contributed by atoms with van der Waals surface area (Å²) in [5.41, 5.74) is 0.736. The third kappa shape index (κ3) is 8.79. The molecule has 0 spiro atoms. The highest BCUT2D eigenvalue weighted by Crippen LogP contribution is 2.46. The highest BCUT2D eigenvalue weighted by atomic mass is 16.5. The Balaban J connectivity index is 2.70. The highest BCUT2D eigenvalue weighted by Gasteiger charge is 2.33. The minimum absolute atomic E-state index is 0.257. The smallest absolute Gasteiger partial charge is 0.316 e. The van der Waals surface area contributed by atoms with Gasteiger partial charge in [-0.25, -0.2) is 0 Å². The molecule has 0 radical (unpaired) electrons. The Labute approximate surface area is 246 Å². The molecule has 2 aromatic rings. The predicted octanol–water partition coefficient (Wildman–Crippen LogP) is 8.48. The first-order valence-corrected chi connectivity index (χ1v) is 14.2. The zero-order valence-electron chi connectivity index (χ0n) is 27.2. The van der Waals surface area contributed by atoms with E-state index in [9.17, 15) is 14.4 Å². The van der Waals surface area contributed by atoms with E-state index in [1.54, 1.807) is 71.9 Å². The maximum absolute atomic E-state index is 13.3. The molecule has 41 heavy (non-hydrogen) atoms. The quantitative estimate of drug-likeness (QED) is 0.145. The Bertz CT molecular complexity index is 1300. The summed E-state index contributed by atoms with van der Waals surface area (Å²) in [6.07, 6.45) is 3.14. The third-order valence-electron chi connectivity index (χ3n) is 6.34. The Hall–Kier alpha value is -3.41. The highest BCUT2D eigenvalue weighted by molar-refractivity contribution is 6.07.